The third kappa shape index (κ3) is 6.60. The zero-order chi connectivity index (χ0) is 12.7. The van der Waals surface area contributed by atoms with Crippen LogP contribution in [0.15, 0.2) is 18.2 Å². The van der Waals surface area contributed by atoms with E-state index >= 15 is 0 Å². The molecular formula is C13H20ClIN2. The van der Waals surface area contributed by atoms with Crippen LogP contribution in [-0.4, -0.2) is 19.1 Å². The summed E-state index contributed by atoms with van der Waals surface area (Å²) in [6, 6.07) is 6.59. The minimum Gasteiger partial charge on any atom is -0.314 e. The van der Waals surface area contributed by atoms with Gasteiger partial charge < -0.3 is 10.6 Å². The first-order valence-electron chi connectivity index (χ1n) is 5.97. The lowest BCUT2D eigenvalue weighted by molar-refractivity contribution is 0.547. The highest BCUT2D eigenvalue weighted by Gasteiger charge is 2.00. The van der Waals surface area contributed by atoms with Crippen LogP contribution < -0.4 is 10.6 Å². The van der Waals surface area contributed by atoms with E-state index in [4.69, 9.17) is 11.6 Å². The molecule has 0 bridgehead atoms. The highest BCUT2D eigenvalue weighted by Crippen LogP contribution is 2.17. The summed E-state index contributed by atoms with van der Waals surface area (Å²) in [5, 5.41) is 7.65. The Morgan fingerprint density at radius 1 is 1.29 bits per heavy atom. The molecule has 1 aromatic rings. The van der Waals surface area contributed by atoms with Gasteiger partial charge in [-0.25, -0.2) is 0 Å². The highest BCUT2D eigenvalue weighted by molar-refractivity contribution is 14.1. The maximum atomic E-state index is 5.97. The van der Waals surface area contributed by atoms with Crippen LogP contribution in [0.25, 0.3) is 0 Å². The summed E-state index contributed by atoms with van der Waals surface area (Å²) in [5.74, 6) is 0. The van der Waals surface area contributed by atoms with Crippen molar-refractivity contribution in [3.05, 3.63) is 32.4 Å². The number of rotatable bonds is 7. The standard InChI is InChI=1S/C13H20ClIN2/c1-10(2)17-7-3-6-16-9-11-8-12(14)4-5-13(11)15/h4-5,8,10,16-17H,3,6-7,9H2,1-2H3. The first-order valence-corrected chi connectivity index (χ1v) is 7.43. The van der Waals surface area contributed by atoms with Crippen molar-refractivity contribution in [1.82, 2.24) is 10.6 Å². The van der Waals surface area contributed by atoms with Crippen molar-refractivity contribution in [1.29, 1.82) is 0 Å². The van der Waals surface area contributed by atoms with Crippen LogP contribution in [0, 0.1) is 3.57 Å². The summed E-state index contributed by atoms with van der Waals surface area (Å²) in [5.41, 5.74) is 1.27. The second-order valence-corrected chi connectivity index (χ2v) is 5.97. The Balaban J connectivity index is 2.20. The average Bonchev–Trinajstić information content (AvgIpc) is 2.27. The van der Waals surface area contributed by atoms with Gasteiger partial charge in [0.2, 0.25) is 0 Å². The predicted molar refractivity (Wildman–Crippen MR) is 83.6 cm³/mol. The molecule has 1 rings (SSSR count). The van der Waals surface area contributed by atoms with E-state index in [1.54, 1.807) is 0 Å². The minimum absolute atomic E-state index is 0.573. The maximum absolute atomic E-state index is 5.97. The number of benzene rings is 1. The number of halogens is 2. The molecule has 0 amide bonds. The summed E-state index contributed by atoms with van der Waals surface area (Å²) in [4.78, 5) is 0. The van der Waals surface area contributed by atoms with E-state index in [1.165, 1.54) is 9.13 Å². The quantitative estimate of drug-likeness (QED) is 0.571. The second kappa shape index (κ2) is 8.29. The molecular weight excluding hydrogens is 347 g/mol. The number of hydrogen-bond donors (Lipinski definition) is 2. The second-order valence-electron chi connectivity index (χ2n) is 4.37. The topological polar surface area (TPSA) is 24.1 Å². The first kappa shape index (κ1) is 15.2. The Morgan fingerprint density at radius 2 is 2.06 bits per heavy atom. The minimum atomic E-state index is 0.573. The molecule has 0 aliphatic heterocycles. The molecule has 1 aromatic carbocycles. The van der Waals surface area contributed by atoms with E-state index < -0.39 is 0 Å². The molecule has 0 aliphatic rings. The van der Waals surface area contributed by atoms with Gasteiger partial charge in [0, 0.05) is 21.2 Å². The number of hydrogen-bond acceptors (Lipinski definition) is 2. The molecule has 0 unspecified atom stereocenters. The smallest absolute Gasteiger partial charge is 0.0409 e. The summed E-state index contributed by atoms with van der Waals surface area (Å²) in [6.45, 7) is 7.32. The van der Waals surface area contributed by atoms with E-state index in [1.807, 2.05) is 12.1 Å². The SMILES string of the molecule is CC(C)NCCCNCc1cc(Cl)ccc1I. The van der Waals surface area contributed by atoms with Crippen molar-refractivity contribution >= 4 is 34.2 Å². The largest absolute Gasteiger partial charge is 0.314 e. The van der Waals surface area contributed by atoms with Gasteiger partial charge in [-0.3, -0.25) is 0 Å². The molecule has 0 fully saturated rings. The fourth-order valence-electron chi connectivity index (χ4n) is 1.51. The van der Waals surface area contributed by atoms with Crippen LogP contribution >= 0.6 is 34.2 Å². The van der Waals surface area contributed by atoms with E-state index in [-0.39, 0.29) is 0 Å². The summed E-state index contributed by atoms with van der Waals surface area (Å²) in [6.07, 6.45) is 1.15. The van der Waals surface area contributed by atoms with Gasteiger partial charge in [0.15, 0.2) is 0 Å². The van der Waals surface area contributed by atoms with Crippen LogP contribution in [0.4, 0.5) is 0 Å². The zero-order valence-corrected chi connectivity index (χ0v) is 13.3. The molecule has 4 heteroatoms. The van der Waals surface area contributed by atoms with Gasteiger partial charge in [-0.2, -0.15) is 0 Å². The summed E-state index contributed by atoms with van der Waals surface area (Å²) < 4.78 is 1.26. The third-order valence-corrected chi connectivity index (χ3v) is 3.69. The summed E-state index contributed by atoms with van der Waals surface area (Å²) in [7, 11) is 0. The van der Waals surface area contributed by atoms with E-state index in [9.17, 15) is 0 Å². The van der Waals surface area contributed by atoms with Crippen molar-refractivity contribution in [3.8, 4) is 0 Å². The predicted octanol–water partition coefficient (Wildman–Crippen LogP) is 3.42. The van der Waals surface area contributed by atoms with Crippen LogP contribution in [0.2, 0.25) is 5.02 Å². The Hall–Kier alpha value is 0.160. The molecule has 96 valence electrons. The van der Waals surface area contributed by atoms with E-state index in [2.05, 4.69) is 53.1 Å². The molecule has 0 radical (unpaired) electrons. The molecule has 2 nitrogen and oxygen atoms in total. The Labute approximate surface area is 123 Å². The fraction of sp³-hybridized carbons (Fsp3) is 0.538. The van der Waals surface area contributed by atoms with Gasteiger partial charge in [0.1, 0.15) is 0 Å². The van der Waals surface area contributed by atoms with E-state index in [0.29, 0.717) is 6.04 Å². The van der Waals surface area contributed by atoms with Crippen LogP contribution in [0.5, 0.6) is 0 Å². The summed E-state index contributed by atoms with van der Waals surface area (Å²) >= 11 is 8.32. The Bertz CT molecular complexity index is 342. The first-order chi connectivity index (χ1) is 8.09. The molecule has 0 aliphatic carbocycles. The molecule has 0 saturated carbocycles. The van der Waals surface area contributed by atoms with Crippen molar-refractivity contribution in [2.75, 3.05) is 13.1 Å². The lowest BCUT2D eigenvalue weighted by Gasteiger charge is -2.09. The lowest BCUT2D eigenvalue weighted by atomic mass is 10.2. The maximum Gasteiger partial charge on any atom is 0.0409 e. The third-order valence-electron chi connectivity index (χ3n) is 2.41. The Kier molecular flexibility index (Phi) is 7.43. The van der Waals surface area contributed by atoms with Crippen molar-refractivity contribution < 1.29 is 0 Å². The highest BCUT2D eigenvalue weighted by atomic mass is 127. The fourth-order valence-corrected chi connectivity index (χ4v) is 2.23. The normalized spacial score (nSPS) is 11.1. The molecule has 0 spiro atoms. The van der Waals surface area contributed by atoms with Gasteiger partial charge >= 0.3 is 0 Å². The van der Waals surface area contributed by atoms with Crippen LogP contribution in [0.3, 0.4) is 0 Å². The lowest BCUT2D eigenvalue weighted by Crippen LogP contribution is -2.26. The monoisotopic (exact) mass is 366 g/mol. The molecule has 0 aromatic heterocycles. The van der Waals surface area contributed by atoms with Gasteiger partial charge in [0.25, 0.3) is 0 Å². The molecule has 0 saturated heterocycles. The average molecular weight is 367 g/mol. The van der Waals surface area contributed by atoms with Crippen molar-refractivity contribution in [3.63, 3.8) is 0 Å². The number of nitrogens with one attached hydrogen (secondary N) is 2. The molecule has 17 heavy (non-hydrogen) atoms. The van der Waals surface area contributed by atoms with Gasteiger partial charge in [0.05, 0.1) is 0 Å². The molecule has 0 heterocycles. The van der Waals surface area contributed by atoms with Crippen molar-refractivity contribution in [2.24, 2.45) is 0 Å². The van der Waals surface area contributed by atoms with Gasteiger partial charge in [-0.05, 0) is 65.9 Å². The van der Waals surface area contributed by atoms with Gasteiger partial charge in [-0.15, -0.1) is 0 Å². The Morgan fingerprint density at radius 3 is 2.76 bits per heavy atom. The van der Waals surface area contributed by atoms with Crippen LogP contribution in [0.1, 0.15) is 25.8 Å². The zero-order valence-electron chi connectivity index (χ0n) is 10.4. The van der Waals surface area contributed by atoms with Gasteiger partial charge in [-0.1, -0.05) is 25.4 Å². The van der Waals surface area contributed by atoms with Crippen molar-refractivity contribution in [2.45, 2.75) is 32.9 Å². The van der Waals surface area contributed by atoms with E-state index in [0.717, 1.165) is 31.1 Å². The molecule has 0 atom stereocenters. The van der Waals surface area contributed by atoms with Crippen LogP contribution in [-0.2, 0) is 6.54 Å². The molecule has 2 N–H and O–H groups in total.